The van der Waals surface area contributed by atoms with Crippen LogP contribution >= 0.6 is 11.8 Å². The van der Waals surface area contributed by atoms with Gasteiger partial charge in [-0.05, 0) is 43.4 Å². The number of carbonyl (C=O) groups is 1. The molecule has 0 aromatic heterocycles. The molecule has 1 fully saturated rings. The summed E-state index contributed by atoms with van der Waals surface area (Å²) in [6.07, 6.45) is 6.96. The predicted molar refractivity (Wildman–Crippen MR) is 84.4 cm³/mol. The highest BCUT2D eigenvalue weighted by Gasteiger charge is 2.33. The van der Waals surface area contributed by atoms with Crippen molar-refractivity contribution in [3.8, 4) is 11.8 Å². The molecule has 0 atom stereocenters. The number of thioether (sulfide) groups is 1. The first-order valence-electron chi connectivity index (χ1n) is 7.12. The Morgan fingerprint density at radius 3 is 2.62 bits per heavy atom. The third kappa shape index (κ3) is 4.40. The fraction of sp³-hybridized carbons (Fsp3) is 0.500. The van der Waals surface area contributed by atoms with Crippen molar-refractivity contribution in [3.63, 3.8) is 0 Å². The van der Waals surface area contributed by atoms with E-state index in [1.807, 2.05) is 17.8 Å². The molecule has 112 valence electrons. The van der Waals surface area contributed by atoms with Gasteiger partial charge >= 0.3 is 0 Å². The number of nitrogens with zero attached hydrogens (tertiary/aromatic N) is 1. The van der Waals surface area contributed by atoms with Gasteiger partial charge in [-0.1, -0.05) is 12.8 Å². The second-order valence-electron chi connectivity index (χ2n) is 5.30. The van der Waals surface area contributed by atoms with Gasteiger partial charge in [-0.15, -0.1) is 0 Å². The van der Waals surface area contributed by atoms with Crippen molar-refractivity contribution in [2.45, 2.75) is 30.4 Å². The molecular formula is C16H20N2O2S. The molecular weight excluding hydrogens is 284 g/mol. The molecule has 0 heterocycles. The number of amides is 1. The number of carbonyl (C=O) groups excluding carboxylic acids is 1. The highest BCUT2D eigenvalue weighted by Crippen LogP contribution is 2.39. The minimum Gasteiger partial charge on any atom is -0.484 e. The molecule has 1 saturated carbocycles. The number of hydrogen-bond donors (Lipinski definition) is 1. The fourth-order valence-corrected chi connectivity index (χ4v) is 3.47. The van der Waals surface area contributed by atoms with E-state index in [-0.39, 0.29) is 17.3 Å². The lowest BCUT2D eigenvalue weighted by atomic mass is 10.1. The van der Waals surface area contributed by atoms with E-state index >= 15 is 0 Å². The van der Waals surface area contributed by atoms with Crippen LogP contribution in [0, 0.1) is 11.3 Å². The lowest BCUT2D eigenvalue weighted by Gasteiger charge is -2.26. The normalized spacial score (nSPS) is 16.2. The van der Waals surface area contributed by atoms with Crippen molar-refractivity contribution in [2.24, 2.45) is 0 Å². The predicted octanol–water partition coefficient (Wildman–Crippen LogP) is 2.73. The van der Waals surface area contributed by atoms with E-state index < -0.39 is 0 Å². The summed E-state index contributed by atoms with van der Waals surface area (Å²) < 4.78 is 5.63. The summed E-state index contributed by atoms with van der Waals surface area (Å²) in [4.78, 5) is 11.9. The molecule has 5 heteroatoms. The standard InChI is InChI=1S/C16H20N2O2S/c1-21-16(8-2-3-9-16)12-18-15(19)11-20-14-6-4-13(10-17)5-7-14/h4-7H,2-3,8-9,11-12H2,1H3,(H,18,19). The monoisotopic (exact) mass is 304 g/mol. The van der Waals surface area contributed by atoms with Crippen LogP contribution in [0.1, 0.15) is 31.2 Å². The minimum absolute atomic E-state index is 0.0103. The minimum atomic E-state index is -0.0975. The number of nitrogens with one attached hydrogen (secondary N) is 1. The second-order valence-corrected chi connectivity index (χ2v) is 6.57. The molecule has 1 aromatic carbocycles. The summed E-state index contributed by atoms with van der Waals surface area (Å²) in [5.41, 5.74) is 0.579. The number of ether oxygens (including phenoxy) is 1. The zero-order chi connectivity index (χ0) is 15.1. The van der Waals surface area contributed by atoms with Crippen LogP contribution in [-0.4, -0.2) is 30.1 Å². The summed E-state index contributed by atoms with van der Waals surface area (Å²) in [5.74, 6) is 0.504. The van der Waals surface area contributed by atoms with E-state index in [0.717, 1.165) is 0 Å². The first-order valence-corrected chi connectivity index (χ1v) is 8.35. The van der Waals surface area contributed by atoms with Gasteiger partial charge in [0.05, 0.1) is 11.6 Å². The third-order valence-electron chi connectivity index (χ3n) is 3.91. The van der Waals surface area contributed by atoms with E-state index in [4.69, 9.17) is 10.00 Å². The van der Waals surface area contributed by atoms with Gasteiger partial charge in [0.25, 0.3) is 5.91 Å². The maximum Gasteiger partial charge on any atom is 0.257 e. The van der Waals surface area contributed by atoms with E-state index in [9.17, 15) is 4.79 Å². The van der Waals surface area contributed by atoms with Crippen molar-refractivity contribution in [3.05, 3.63) is 29.8 Å². The summed E-state index contributed by atoms with van der Waals surface area (Å²) in [7, 11) is 0. The second kappa shape index (κ2) is 7.37. The molecule has 1 amide bonds. The summed E-state index contributed by atoms with van der Waals surface area (Å²) in [5, 5.41) is 11.7. The van der Waals surface area contributed by atoms with Crippen molar-refractivity contribution in [2.75, 3.05) is 19.4 Å². The number of hydrogen-bond acceptors (Lipinski definition) is 4. The molecule has 1 aliphatic rings. The summed E-state index contributed by atoms with van der Waals surface area (Å²) in [6.45, 7) is 0.722. The van der Waals surface area contributed by atoms with Gasteiger partial charge in [0.2, 0.25) is 0 Å². The topological polar surface area (TPSA) is 62.1 Å². The SMILES string of the molecule is CSC1(CNC(=O)COc2ccc(C#N)cc2)CCCC1. The lowest BCUT2D eigenvalue weighted by molar-refractivity contribution is -0.123. The van der Waals surface area contributed by atoms with Gasteiger partial charge in [0, 0.05) is 11.3 Å². The highest BCUT2D eigenvalue weighted by atomic mass is 32.2. The Labute approximate surface area is 129 Å². The van der Waals surface area contributed by atoms with Crippen LogP contribution < -0.4 is 10.1 Å². The zero-order valence-electron chi connectivity index (χ0n) is 12.2. The Bertz CT molecular complexity index is 516. The molecule has 0 aliphatic heterocycles. The Morgan fingerprint density at radius 1 is 1.38 bits per heavy atom. The van der Waals surface area contributed by atoms with Crippen LogP contribution in [0.3, 0.4) is 0 Å². The molecule has 0 radical (unpaired) electrons. The average Bonchev–Trinajstić information content (AvgIpc) is 3.01. The molecule has 1 aliphatic carbocycles. The van der Waals surface area contributed by atoms with Crippen LogP contribution in [-0.2, 0) is 4.79 Å². The lowest BCUT2D eigenvalue weighted by Crippen LogP contribution is -2.40. The van der Waals surface area contributed by atoms with Crippen LogP contribution in [0.4, 0.5) is 0 Å². The Morgan fingerprint density at radius 2 is 2.05 bits per heavy atom. The van der Waals surface area contributed by atoms with Crippen molar-refractivity contribution in [1.29, 1.82) is 5.26 Å². The highest BCUT2D eigenvalue weighted by molar-refractivity contribution is 8.00. The van der Waals surface area contributed by atoms with E-state index in [1.165, 1.54) is 25.7 Å². The quantitative estimate of drug-likeness (QED) is 0.878. The van der Waals surface area contributed by atoms with Crippen LogP contribution in [0.25, 0.3) is 0 Å². The van der Waals surface area contributed by atoms with E-state index in [2.05, 4.69) is 11.6 Å². The summed E-state index contributed by atoms with van der Waals surface area (Å²) >= 11 is 1.85. The van der Waals surface area contributed by atoms with Crippen molar-refractivity contribution < 1.29 is 9.53 Å². The Hall–Kier alpha value is -1.67. The van der Waals surface area contributed by atoms with Crippen molar-refractivity contribution >= 4 is 17.7 Å². The van der Waals surface area contributed by atoms with Gasteiger partial charge < -0.3 is 10.1 Å². The van der Waals surface area contributed by atoms with Gasteiger partial charge in [0.1, 0.15) is 5.75 Å². The van der Waals surface area contributed by atoms with Crippen LogP contribution in [0.2, 0.25) is 0 Å². The molecule has 0 saturated heterocycles. The largest absolute Gasteiger partial charge is 0.484 e. The molecule has 1 aromatic rings. The molecule has 0 bridgehead atoms. The van der Waals surface area contributed by atoms with Gasteiger partial charge in [0.15, 0.2) is 6.61 Å². The van der Waals surface area contributed by atoms with Crippen LogP contribution in [0.15, 0.2) is 24.3 Å². The average molecular weight is 304 g/mol. The molecule has 2 rings (SSSR count). The number of nitriles is 1. The number of rotatable bonds is 6. The number of benzene rings is 1. The maximum atomic E-state index is 11.9. The molecule has 4 nitrogen and oxygen atoms in total. The van der Waals surface area contributed by atoms with E-state index in [0.29, 0.717) is 17.9 Å². The van der Waals surface area contributed by atoms with Gasteiger partial charge in [-0.25, -0.2) is 0 Å². The van der Waals surface area contributed by atoms with E-state index in [1.54, 1.807) is 24.3 Å². The fourth-order valence-electron chi connectivity index (χ4n) is 2.56. The zero-order valence-corrected chi connectivity index (χ0v) is 13.0. The van der Waals surface area contributed by atoms with Gasteiger partial charge in [-0.2, -0.15) is 17.0 Å². The molecule has 0 unspecified atom stereocenters. The molecule has 1 N–H and O–H groups in total. The molecule has 0 spiro atoms. The Balaban J connectivity index is 1.75. The van der Waals surface area contributed by atoms with Crippen molar-refractivity contribution in [1.82, 2.24) is 5.32 Å². The first-order chi connectivity index (χ1) is 10.2. The summed E-state index contributed by atoms with van der Waals surface area (Å²) in [6, 6.07) is 8.80. The third-order valence-corrected chi connectivity index (χ3v) is 5.33. The smallest absolute Gasteiger partial charge is 0.257 e. The van der Waals surface area contributed by atoms with Gasteiger partial charge in [-0.3, -0.25) is 4.79 Å². The maximum absolute atomic E-state index is 11.9. The molecule has 21 heavy (non-hydrogen) atoms. The Kier molecular flexibility index (Phi) is 5.51. The van der Waals surface area contributed by atoms with Crippen LogP contribution in [0.5, 0.6) is 5.75 Å². The first kappa shape index (κ1) is 15.7.